The van der Waals surface area contributed by atoms with Gasteiger partial charge >= 0.3 is 0 Å². The van der Waals surface area contributed by atoms with Crippen LogP contribution in [0.25, 0.3) is 10.9 Å². The number of rotatable bonds is 3. The Hall–Kier alpha value is -3.35. The van der Waals surface area contributed by atoms with Crippen molar-refractivity contribution in [3.05, 3.63) is 48.3 Å². The summed E-state index contributed by atoms with van der Waals surface area (Å²) in [6.45, 7) is 2.23. The molecule has 2 aromatic carbocycles. The van der Waals surface area contributed by atoms with Gasteiger partial charge in [0.2, 0.25) is 6.79 Å². The lowest BCUT2D eigenvalue weighted by molar-refractivity contribution is 0.102. The average Bonchev–Trinajstić information content (AvgIpc) is 3.21. The predicted molar refractivity (Wildman–Crippen MR) is 106 cm³/mol. The lowest BCUT2D eigenvalue weighted by Crippen LogP contribution is -2.30. The molecule has 3 aromatic rings. The van der Waals surface area contributed by atoms with E-state index in [9.17, 15) is 4.79 Å². The minimum Gasteiger partial charge on any atom is -0.454 e. The molecule has 142 valence electrons. The Balaban J connectivity index is 1.40. The summed E-state index contributed by atoms with van der Waals surface area (Å²) in [5.41, 5.74) is 2.03. The first-order chi connectivity index (χ1) is 13.8. The van der Waals surface area contributed by atoms with E-state index in [4.69, 9.17) is 9.47 Å². The van der Waals surface area contributed by atoms with Crippen LogP contribution in [0.3, 0.4) is 0 Å². The third-order valence-corrected chi connectivity index (χ3v) is 5.16. The maximum Gasteiger partial charge on any atom is 0.255 e. The number of piperidine rings is 1. The standard InChI is InChI=1S/C21H20N4O3/c26-21(14-4-7-18-19(10-14)28-13-27-18)24-15-5-6-16-17(11-15)22-12-23-20(16)25-8-2-1-3-9-25/h4-7,10-12H,1-3,8-9,13H2,(H,24,26). The molecule has 3 heterocycles. The second-order valence-electron chi connectivity index (χ2n) is 7.00. The molecule has 7 heteroatoms. The van der Waals surface area contributed by atoms with Gasteiger partial charge in [-0.1, -0.05) is 0 Å². The van der Waals surface area contributed by atoms with Crippen LogP contribution < -0.4 is 19.7 Å². The van der Waals surface area contributed by atoms with Crippen molar-refractivity contribution in [3.63, 3.8) is 0 Å². The molecule has 0 bridgehead atoms. The van der Waals surface area contributed by atoms with Gasteiger partial charge in [0.05, 0.1) is 5.52 Å². The molecule has 0 aliphatic carbocycles. The van der Waals surface area contributed by atoms with E-state index in [-0.39, 0.29) is 12.7 Å². The molecule has 28 heavy (non-hydrogen) atoms. The van der Waals surface area contributed by atoms with E-state index in [2.05, 4.69) is 20.2 Å². The van der Waals surface area contributed by atoms with Crippen molar-refractivity contribution >= 4 is 28.3 Å². The van der Waals surface area contributed by atoms with Gasteiger partial charge in [-0.05, 0) is 55.7 Å². The van der Waals surface area contributed by atoms with Crippen molar-refractivity contribution in [2.45, 2.75) is 19.3 Å². The first-order valence-electron chi connectivity index (χ1n) is 9.49. The van der Waals surface area contributed by atoms with E-state index in [0.29, 0.717) is 22.7 Å². The fourth-order valence-electron chi connectivity index (χ4n) is 3.72. The van der Waals surface area contributed by atoms with E-state index in [0.717, 1.165) is 29.8 Å². The SMILES string of the molecule is O=C(Nc1ccc2c(N3CCCCC3)ncnc2c1)c1ccc2c(c1)OCO2. The fraction of sp³-hybridized carbons (Fsp3) is 0.286. The fourth-order valence-corrected chi connectivity index (χ4v) is 3.72. The third-order valence-electron chi connectivity index (χ3n) is 5.16. The molecule has 0 saturated carbocycles. The molecule has 5 rings (SSSR count). The van der Waals surface area contributed by atoms with Crippen molar-refractivity contribution in [3.8, 4) is 11.5 Å². The summed E-state index contributed by atoms with van der Waals surface area (Å²) in [5.74, 6) is 2.01. The summed E-state index contributed by atoms with van der Waals surface area (Å²) in [5, 5.41) is 3.94. The van der Waals surface area contributed by atoms with Gasteiger partial charge in [0, 0.05) is 29.7 Å². The van der Waals surface area contributed by atoms with Crippen LogP contribution in [0.15, 0.2) is 42.7 Å². The number of carbonyl (C=O) groups excluding carboxylic acids is 1. The molecule has 0 spiro atoms. The van der Waals surface area contributed by atoms with E-state index in [1.54, 1.807) is 24.5 Å². The second kappa shape index (κ2) is 6.99. The van der Waals surface area contributed by atoms with Crippen molar-refractivity contribution in [2.24, 2.45) is 0 Å². The molecule has 2 aliphatic rings. The van der Waals surface area contributed by atoms with E-state index in [1.807, 2.05) is 18.2 Å². The zero-order chi connectivity index (χ0) is 18.9. The van der Waals surface area contributed by atoms with Crippen molar-refractivity contribution in [1.82, 2.24) is 9.97 Å². The maximum atomic E-state index is 12.6. The molecule has 0 radical (unpaired) electrons. The number of anilines is 2. The Morgan fingerprint density at radius 2 is 1.82 bits per heavy atom. The van der Waals surface area contributed by atoms with Crippen molar-refractivity contribution in [1.29, 1.82) is 0 Å². The number of nitrogens with one attached hydrogen (secondary N) is 1. The molecule has 0 unspecified atom stereocenters. The predicted octanol–water partition coefficient (Wildman–Crippen LogP) is 3.60. The minimum atomic E-state index is -0.206. The number of carbonyl (C=O) groups is 1. The Morgan fingerprint density at radius 3 is 2.71 bits per heavy atom. The average molecular weight is 376 g/mol. The van der Waals surface area contributed by atoms with Gasteiger partial charge in [-0.15, -0.1) is 0 Å². The van der Waals surface area contributed by atoms with E-state index >= 15 is 0 Å². The van der Waals surface area contributed by atoms with Gasteiger partial charge in [-0.2, -0.15) is 0 Å². The quantitative estimate of drug-likeness (QED) is 0.753. The molecule has 2 aliphatic heterocycles. The van der Waals surface area contributed by atoms with Gasteiger partial charge < -0.3 is 19.7 Å². The first kappa shape index (κ1) is 16.8. The molecule has 1 N–H and O–H groups in total. The Kier molecular flexibility index (Phi) is 4.20. The number of nitrogens with zero attached hydrogens (tertiary/aromatic N) is 3. The molecular formula is C21H20N4O3. The zero-order valence-electron chi connectivity index (χ0n) is 15.4. The summed E-state index contributed by atoms with van der Waals surface area (Å²) in [6.07, 6.45) is 5.25. The van der Waals surface area contributed by atoms with Crippen LogP contribution in [0.2, 0.25) is 0 Å². The number of hydrogen-bond acceptors (Lipinski definition) is 6. The van der Waals surface area contributed by atoms with Crippen LogP contribution in [-0.4, -0.2) is 35.8 Å². The van der Waals surface area contributed by atoms with Gasteiger partial charge in [-0.25, -0.2) is 9.97 Å². The van der Waals surface area contributed by atoms with Crippen LogP contribution >= 0.6 is 0 Å². The number of ether oxygens (including phenoxy) is 2. The highest BCUT2D eigenvalue weighted by molar-refractivity contribution is 6.05. The van der Waals surface area contributed by atoms with Crippen molar-refractivity contribution < 1.29 is 14.3 Å². The van der Waals surface area contributed by atoms with Gasteiger partial charge in [0.25, 0.3) is 5.91 Å². The molecular weight excluding hydrogens is 356 g/mol. The highest BCUT2D eigenvalue weighted by atomic mass is 16.7. The molecule has 1 amide bonds. The number of amides is 1. The van der Waals surface area contributed by atoms with Crippen LogP contribution in [0.4, 0.5) is 11.5 Å². The molecule has 7 nitrogen and oxygen atoms in total. The minimum absolute atomic E-state index is 0.185. The normalized spacial score (nSPS) is 15.6. The monoisotopic (exact) mass is 376 g/mol. The lowest BCUT2D eigenvalue weighted by Gasteiger charge is -2.28. The van der Waals surface area contributed by atoms with Gasteiger partial charge in [0.15, 0.2) is 11.5 Å². The highest BCUT2D eigenvalue weighted by Gasteiger charge is 2.18. The number of benzene rings is 2. The molecule has 0 atom stereocenters. The molecule has 1 fully saturated rings. The number of fused-ring (bicyclic) bond motifs is 2. The summed E-state index contributed by atoms with van der Waals surface area (Å²) < 4.78 is 10.6. The smallest absolute Gasteiger partial charge is 0.255 e. The Bertz CT molecular complexity index is 1050. The summed E-state index contributed by atoms with van der Waals surface area (Å²) in [6, 6.07) is 10.9. The topological polar surface area (TPSA) is 76.6 Å². The van der Waals surface area contributed by atoms with Gasteiger partial charge in [-0.3, -0.25) is 4.79 Å². The highest BCUT2D eigenvalue weighted by Crippen LogP contribution is 2.33. The van der Waals surface area contributed by atoms with Gasteiger partial charge in [0.1, 0.15) is 12.1 Å². The van der Waals surface area contributed by atoms with Crippen molar-refractivity contribution in [2.75, 3.05) is 30.1 Å². The van der Waals surface area contributed by atoms with Crippen LogP contribution in [0.5, 0.6) is 11.5 Å². The largest absolute Gasteiger partial charge is 0.454 e. The Morgan fingerprint density at radius 1 is 0.964 bits per heavy atom. The van der Waals surface area contributed by atoms with E-state index in [1.165, 1.54) is 19.3 Å². The zero-order valence-corrected chi connectivity index (χ0v) is 15.4. The van der Waals surface area contributed by atoms with E-state index < -0.39 is 0 Å². The third kappa shape index (κ3) is 3.09. The maximum absolute atomic E-state index is 12.6. The van der Waals surface area contributed by atoms with Crippen LogP contribution in [0, 0.1) is 0 Å². The second-order valence-corrected chi connectivity index (χ2v) is 7.00. The number of hydrogen-bond donors (Lipinski definition) is 1. The lowest BCUT2D eigenvalue weighted by atomic mass is 10.1. The summed E-state index contributed by atoms with van der Waals surface area (Å²) in [7, 11) is 0. The Labute approximate surface area is 162 Å². The van der Waals surface area contributed by atoms with Crippen LogP contribution in [-0.2, 0) is 0 Å². The number of aromatic nitrogens is 2. The van der Waals surface area contributed by atoms with Crippen LogP contribution in [0.1, 0.15) is 29.6 Å². The summed E-state index contributed by atoms with van der Waals surface area (Å²) in [4.78, 5) is 23.8. The summed E-state index contributed by atoms with van der Waals surface area (Å²) >= 11 is 0. The molecule has 1 aromatic heterocycles. The first-order valence-corrected chi connectivity index (χ1v) is 9.49. The molecule has 1 saturated heterocycles.